The lowest BCUT2D eigenvalue weighted by molar-refractivity contribution is 0.670. The minimum absolute atomic E-state index is 0.910. The molecule has 1 heteroatoms. The van der Waals surface area contributed by atoms with Crippen molar-refractivity contribution in [1.29, 1.82) is 0 Å². The number of hydrogen-bond acceptors (Lipinski definition) is 1. The maximum Gasteiger partial charge on any atom is 0.143 e. The van der Waals surface area contributed by atoms with Crippen LogP contribution in [0.2, 0.25) is 0 Å². The summed E-state index contributed by atoms with van der Waals surface area (Å²) in [5, 5.41) is 15.0. The Labute approximate surface area is 282 Å². The van der Waals surface area contributed by atoms with Gasteiger partial charge in [-0.1, -0.05) is 146 Å². The molecule has 0 atom stereocenters. The summed E-state index contributed by atoms with van der Waals surface area (Å²) in [7, 11) is 0. The first-order valence-corrected chi connectivity index (χ1v) is 16.9. The van der Waals surface area contributed by atoms with E-state index < -0.39 is 0 Å². The monoisotopic (exact) mass is 620 g/mol. The van der Waals surface area contributed by atoms with E-state index in [9.17, 15) is 0 Å². The Kier molecular flexibility index (Phi) is 5.45. The number of hydrogen-bond donors (Lipinski definition) is 0. The number of rotatable bonds is 3. The van der Waals surface area contributed by atoms with Gasteiger partial charge in [0, 0.05) is 16.3 Å². The maximum atomic E-state index is 6.90. The van der Waals surface area contributed by atoms with Crippen LogP contribution < -0.4 is 0 Å². The van der Waals surface area contributed by atoms with Gasteiger partial charge in [-0.3, -0.25) is 0 Å². The highest BCUT2D eigenvalue weighted by molar-refractivity contribution is 6.27. The van der Waals surface area contributed by atoms with Gasteiger partial charge in [0.25, 0.3) is 0 Å². The molecule has 1 aromatic heterocycles. The molecule has 49 heavy (non-hydrogen) atoms. The molecule has 0 amide bonds. The van der Waals surface area contributed by atoms with Crippen molar-refractivity contribution in [3.05, 3.63) is 170 Å². The average Bonchev–Trinajstić information content (AvgIpc) is 3.54. The van der Waals surface area contributed by atoms with Gasteiger partial charge in [0.2, 0.25) is 0 Å². The highest BCUT2D eigenvalue weighted by atomic mass is 16.3. The molecule has 0 aliphatic carbocycles. The summed E-state index contributed by atoms with van der Waals surface area (Å²) < 4.78 is 6.90. The molecule has 0 aliphatic heterocycles. The van der Waals surface area contributed by atoms with Crippen LogP contribution in [-0.4, -0.2) is 0 Å². The molecule has 1 heterocycles. The van der Waals surface area contributed by atoms with E-state index in [1.807, 2.05) is 0 Å². The molecule has 11 aromatic rings. The Morgan fingerprint density at radius 3 is 1.63 bits per heavy atom. The summed E-state index contributed by atoms with van der Waals surface area (Å²) in [6.07, 6.45) is 0. The standard InChI is InChI=1S/C48H28O/c1-2-7-35-26-38(19-14-29(35)6-1)30-12-15-31(16-13-30)39-24-25-42(47-43-27-36-8-3-4-9-37(36)28-44(43)49-48(39)47)40-22-20-34-18-17-32-10-5-11-33-21-23-41(40)46(34)45(32)33/h1-28H. The molecule has 0 aliphatic rings. The molecule has 226 valence electrons. The number of benzene rings is 10. The van der Waals surface area contributed by atoms with Gasteiger partial charge in [-0.2, -0.15) is 0 Å². The smallest absolute Gasteiger partial charge is 0.143 e. The van der Waals surface area contributed by atoms with Crippen molar-refractivity contribution < 1.29 is 4.42 Å². The van der Waals surface area contributed by atoms with Gasteiger partial charge < -0.3 is 4.42 Å². The number of furan rings is 1. The molecule has 0 N–H and O–H groups in total. The van der Waals surface area contributed by atoms with E-state index in [4.69, 9.17) is 4.42 Å². The SMILES string of the molecule is c1ccc2cc(-c3ccc(-c4ccc(-c5ccc6ccc7cccc8ccc5c6c78)c5c4oc4cc6ccccc6cc45)cc3)ccc2c1. The van der Waals surface area contributed by atoms with Gasteiger partial charge in [0.15, 0.2) is 0 Å². The van der Waals surface area contributed by atoms with E-state index in [1.54, 1.807) is 0 Å². The molecule has 0 radical (unpaired) electrons. The largest absolute Gasteiger partial charge is 0.455 e. The molecular formula is C48H28O. The fourth-order valence-electron chi connectivity index (χ4n) is 8.20. The quantitative estimate of drug-likeness (QED) is 0.179. The highest BCUT2D eigenvalue weighted by Crippen LogP contribution is 2.46. The van der Waals surface area contributed by atoms with Crippen molar-refractivity contribution >= 4 is 75.8 Å². The maximum absolute atomic E-state index is 6.90. The van der Waals surface area contributed by atoms with Crippen LogP contribution in [0.4, 0.5) is 0 Å². The second-order valence-corrected chi connectivity index (χ2v) is 13.3. The van der Waals surface area contributed by atoms with E-state index in [1.165, 1.54) is 76.1 Å². The first-order chi connectivity index (χ1) is 24.3. The predicted octanol–water partition coefficient (Wildman–Crippen LogP) is 13.8. The second-order valence-electron chi connectivity index (χ2n) is 13.3. The van der Waals surface area contributed by atoms with Crippen LogP contribution in [0.15, 0.2) is 174 Å². The summed E-state index contributed by atoms with van der Waals surface area (Å²) >= 11 is 0. The van der Waals surface area contributed by atoms with Gasteiger partial charge in [-0.25, -0.2) is 0 Å². The summed E-state index contributed by atoms with van der Waals surface area (Å²) in [4.78, 5) is 0. The molecule has 0 spiro atoms. The van der Waals surface area contributed by atoms with Crippen molar-refractivity contribution in [2.24, 2.45) is 0 Å². The van der Waals surface area contributed by atoms with Crippen molar-refractivity contribution in [3.63, 3.8) is 0 Å². The Morgan fingerprint density at radius 2 is 0.837 bits per heavy atom. The summed E-state index contributed by atoms with van der Waals surface area (Å²) in [6.45, 7) is 0. The first kappa shape index (κ1) is 26.6. The van der Waals surface area contributed by atoms with Crippen molar-refractivity contribution in [3.8, 4) is 33.4 Å². The Bertz CT molecular complexity index is 3070. The van der Waals surface area contributed by atoms with E-state index in [-0.39, 0.29) is 0 Å². The van der Waals surface area contributed by atoms with E-state index >= 15 is 0 Å². The Morgan fingerprint density at radius 1 is 0.286 bits per heavy atom. The molecule has 0 bridgehead atoms. The fraction of sp³-hybridized carbons (Fsp3) is 0. The molecule has 0 saturated heterocycles. The summed E-state index contributed by atoms with van der Waals surface area (Å²) in [6, 6.07) is 62.1. The first-order valence-electron chi connectivity index (χ1n) is 16.9. The van der Waals surface area contributed by atoms with Gasteiger partial charge in [-0.15, -0.1) is 0 Å². The Hall–Kier alpha value is -6.44. The van der Waals surface area contributed by atoms with Crippen molar-refractivity contribution in [2.45, 2.75) is 0 Å². The zero-order chi connectivity index (χ0) is 32.1. The molecular weight excluding hydrogens is 593 g/mol. The minimum atomic E-state index is 0.910. The van der Waals surface area contributed by atoms with Crippen LogP contribution >= 0.6 is 0 Å². The predicted molar refractivity (Wildman–Crippen MR) is 209 cm³/mol. The topological polar surface area (TPSA) is 13.1 Å². The summed E-state index contributed by atoms with van der Waals surface area (Å²) in [5.41, 5.74) is 8.91. The normalized spacial score (nSPS) is 12.1. The van der Waals surface area contributed by atoms with Crippen LogP contribution in [0.5, 0.6) is 0 Å². The lowest BCUT2D eigenvalue weighted by Gasteiger charge is -2.15. The lowest BCUT2D eigenvalue weighted by Crippen LogP contribution is -1.89. The van der Waals surface area contributed by atoms with E-state index in [0.29, 0.717) is 0 Å². The van der Waals surface area contributed by atoms with Crippen LogP contribution in [0, 0.1) is 0 Å². The average molecular weight is 621 g/mol. The molecule has 10 aromatic carbocycles. The van der Waals surface area contributed by atoms with Crippen LogP contribution in [0.25, 0.3) is 109 Å². The van der Waals surface area contributed by atoms with Crippen molar-refractivity contribution in [2.75, 3.05) is 0 Å². The van der Waals surface area contributed by atoms with Gasteiger partial charge in [0.05, 0.1) is 0 Å². The third-order valence-corrected chi connectivity index (χ3v) is 10.6. The Balaban J connectivity index is 1.16. The van der Waals surface area contributed by atoms with E-state index in [0.717, 1.165) is 33.1 Å². The minimum Gasteiger partial charge on any atom is -0.455 e. The van der Waals surface area contributed by atoms with Gasteiger partial charge >= 0.3 is 0 Å². The highest BCUT2D eigenvalue weighted by Gasteiger charge is 2.20. The third-order valence-electron chi connectivity index (χ3n) is 10.6. The lowest BCUT2D eigenvalue weighted by atomic mass is 9.87. The van der Waals surface area contributed by atoms with Crippen LogP contribution in [0.1, 0.15) is 0 Å². The van der Waals surface area contributed by atoms with Crippen LogP contribution in [-0.2, 0) is 0 Å². The molecule has 11 rings (SSSR count). The third kappa shape index (κ3) is 3.94. The zero-order valence-corrected chi connectivity index (χ0v) is 26.6. The van der Waals surface area contributed by atoms with E-state index in [2.05, 4.69) is 170 Å². The zero-order valence-electron chi connectivity index (χ0n) is 26.6. The van der Waals surface area contributed by atoms with Gasteiger partial charge in [-0.05, 0) is 106 Å². The summed E-state index contributed by atoms with van der Waals surface area (Å²) in [5.74, 6) is 0. The van der Waals surface area contributed by atoms with Crippen LogP contribution in [0.3, 0.4) is 0 Å². The second kappa shape index (κ2) is 10.0. The molecule has 0 fully saturated rings. The number of fused-ring (bicyclic) bond motifs is 5. The molecule has 1 nitrogen and oxygen atoms in total. The molecule has 0 unspecified atom stereocenters. The fourth-order valence-corrected chi connectivity index (χ4v) is 8.20. The van der Waals surface area contributed by atoms with Gasteiger partial charge in [0.1, 0.15) is 11.2 Å². The molecule has 0 saturated carbocycles. The van der Waals surface area contributed by atoms with Crippen molar-refractivity contribution in [1.82, 2.24) is 0 Å².